The first-order chi connectivity index (χ1) is 10.7. The Kier molecular flexibility index (Phi) is 3.86. The zero-order chi connectivity index (χ0) is 16.8. The van der Waals surface area contributed by atoms with Crippen molar-refractivity contribution in [1.82, 2.24) is 4.90 Å². The Balaban J connectivity index is 2.17. The molecule has 0 spiro atoms. The first-order valence-corrected chi connectivity index (χ1v) is 9.08. The summed E-state index contributed by atoms with van der Waals surface area (Å²) >= 11 is 2.92. The molecule has 1 aliphatic rings. The molecule has 0 aliphatic carbocycles. The first kappa shape index (κ1) is 16.2. The highest BCUT2D eigenvalue weighted by molar-refractivity contribution is 7.11. The highest BCUT2D eigenvalue weighted by Gasteiger charge is 2.55. The molecule has 2 aromatic rings. The fraction of sp³-hybridized carbons (Fsp3) is 0.353. The number of thiophene rings is 2. The molecule has 0 bridgehead atoms. The van der Waals surface area contributed by atoms with E-state index in [1.54, 1.807) is 0 Å². The predicted octanol–water partition coefficient (Wildman–Crippen LogP) is 3.65. The molecule has 3 heterocycles. The summed E-state index contributed by atoms with van der Waals surface area (Å²) in [5.41, 5.74) is -1.88. The highest BCUT2D eigenvalue weighted by Crippen LogP contribution is 2.46. The summed E-state index contributed by atoms with van der Waals surface area (Å²) in [5, 5.41) is 25.8. The molecule has 0 fully saturated rings. The van der Waals surface area contributed by atoms with Gasteiger partial charge in [0.25, 0.3) is 5.91 Å². The van der Waals surface area contributed by atoms with Crippen LogP contribution in [-0.4, -0.2) is 32.3 Å². The van der Waals surface area contributed by atoms with Crippen LogP contribution in [0, 0.1) is 0 Å². The largest absolute Gasteiger partial charge is 0.503 e. The summed E-state index contributed by atoms with van der Waals surface area (Å²) in [4.78, 5) is 15.7. The van der Waals surface area contributed by atoms with Gasteiger partial charge in [0.2, 0.25) is 0 Å². The van der Waals surface area contributed by atoms with Gasteiger partial charge in [-0.25, -0.2) is 0 Å². The number of rotatable bonds is 3. The first-order valence-electron chi connectivity index (χ1n) is 7.32. The monoisotopic (exact) mass is 349 g/mol. The predicted molar refractivity (Wildman–Crippen MR) is 93.4 cm³/mol. The van der Waals surface area contributed by atoms with Gasteiger partial charge in [0.05, 0.1) is 5.57 Å². The zero-order valence-electron chi connectivity index (χ0n) is 13.2. The highest BCUT2D eigenvalue weighted by atomic mass is 32.1. The van der Waals surface area contributed by atoms with Crippen molar-refractivity contribution in [2.45, 2.75) is 38.5 Å². The molecule has 4 nitrogen and oxygen atoms in total. The van der Waals surface area contributed by atoms with Crippen LogP contribution < -0.4 is 0 Å². The van der Waals surface area contributed by atoms with Gasteiger partial charge in [0, 0.05) is 21.7 Å². The van der Waals surface area contributed by atoms with Gasteiger partial charge in [-0.15, -0.1) is 22.7 Å². The SMILES string of the molecule is CC(C)(C)N1C(=O)C(O)=C(c2cccs2)C1(O)Cc1cccs1. The number of nitrogens with zero attached hydrogens (tertiary/aromatic N) is 1. The number of aliphatic hydroxyl groups is 2. The summed E-state index contributed by atoms with van der Waals surface area (Å²) in [6, 6.07) is 7.50. The van der Waals surface area contributed by atoms with Crippen LogP contribution in [0.25, 0.3) is 5.57 Å². The van der Waals surface area contributed by atoms with Crippen molar-refractivity contribution in [3.63, 3.8) is 0 Å². The van der Waals surface area contributed by atoms with Crippen molar-refractivity contribution in [3.05, 3.63) is 50.5 Å². The van der Waals surface area contributed by atoms with E-state index < -0.39 is 17.2 Å². The second kappa shape index (κ2) is 5.47. The van der Waals surface area contributed by atoms with Crippen molar-refractivity contribution < 1.29 is 15.0 Å². The van der Waals surface area contributed by atoms with Crippen LogP contribution in [0.15, 0.2) is 40.8 Å². The molecule has 0 saturated heterocycles. The Morgan fingerprint density at radius 1 is 1.17 bits per heavy atom. The molecule has 6 heteroatoms. The van der Waals surface area contributed by atoms with Crippen LogP contribution in [0.1, 0.15) is 30.5 Å². The molecule has 23 heavy (non-hydrogen) atoms. The van der Waals surface area contributed by atoms with Crippen LogP contribution in [0.4, 0.5) is 0 Å². The van der Waals surface area contributed by atoms with Gasteiger partial charge in [-0.2, -0.15) is 0 Å². The Hall–Kier alpha value is -1.63. The third kappa shape index (κ3) is 2.60. The van der Waals surface area contributed by atoms with Gasteiger partial charge in [-0.05, 0) is 43.7 Å². The van der Waals surface area contributed by atoms with Crippen LogP contribution in [0.3, 0.4) is 0 Å². The van der Waals surface area contributed by atoms with Crippen LogP contribution >= 0.6 is 22.7 Å². The molecule has 2 aromatic heterocycles. The summed E-state index contributed by atoms with van der Waals surface area (Å²) in [7, 11) is 0. The van der Waals surface area contributed by atoms with Gasteiger partial charge in [-0.3, -0.25) is 9.69 Å². The molecule has 122 valence electrons. The number of aliphatic hydroxyl groups excluding tert-OH is 1. The molecule has 1 aliphatic heterocycles. The van der Waals surface area contributed by atoms with E-state index in [2.05, 4.69) is 0 Å². The fourth-order valence-electron chi connectivity index (χ4n) is 3.10. The molecular formula is C17H19NO3S2. The van der Waals surface area contributed by atoms with Crippen LogP contribution in [-0.2, 0) is 11.2 Å². The zero-order valence-corrected chi connectivity index (χ0v) is 14.9. The molecule has 0 aromatic carbocycles. The Morgan fingerprint density at radius 2 is 1.83 bits per heavy atom. The molecule has 1 amide bonds. The Bertz CT molecular complexity index is 741. The van der Waals surface area contributed by atoms with Crippen molar-refractivity contribution >= 4 is 34.2 Å². The third-order valence-corrected chi connectivity index (χ3v) is 5.62. The van der Waals surface area contributed by atoms with E-state index in [1.807, 2.05) is 55.8 Å². The molecule has 0 saturated carbocycles. The van der Waals surface area contributed by atoms with Crippen molar-refractivity contribution in [2.75, 3.05) is 0 Å². The summed E-state index contributed by atoms with van der Waals surface area (Å²) in [5.74, 6) is -0.888. The van der Waals surface area contributed by atoms with E-state index >= 15 is 0 Å². The summed E-state index contributed by atoms with van der Waals surface area (Å²) in [6.07, 6.45) is 0.255. The summed E-state index contributed by atoms with van der Waals surface area (Å²) in [6.45, 7) is 5.57. The molecule has 1 atom stereocenters. The minimum absolute atomic E-state index is 0.255. The van der Waals surface area contributed by atoms with Gasteiger partial charge < -0.3 is 10.2 Å². The lowest BCUT2D eigenvalue weighted by atomic mass is 9.93. The molecule has 3 rings (SSSR count). The van der Waals surface area contributed by atoms with E-state index in [1.165, 1.54) is 27.6 Å². The van der Waals surface area contributed by atoms with Crippen LogP contribution in [0.5, 0.6) is 0 Å². The average Bonchev–Trinajstić information content (AvgIpc) is 3.12. The number of carbonyl (C=O) groups excluding carboxylic acids is 1. The van der Waals surface area contributed by atoms with E-state index in [9.17, 15) is 15.0 Å². The second-order valence-corrected chi connectivity index (χ2v) is 8.56. The maximum Gasteiger partial charge on any atom is 0.292 e. The summed E-state index contributed by atoms with van der Waals surface area (Å²) < 4.78 is 0. The van der Waals surface area contributed by atoms with Gasteiger partial charge >= 0.3 is 0 Å². The average molecular weight is 349 g/mol. The molecular weight excluding hydrogens is 330 g/mol. The maximum absolute atomic E-state index is 12.7. The minimum atomic E-state index is -1.56. The quantitative estimate of drug-likeness (QED) is 0.889. The van der Waals surface area contributed by atoms with Gasteiger partial charge in [0.15, 0.2) is 11.5 Å². The van der Waals surface area contributed by atoms with Crippen molar-refractivity contribution in [3.8, 4) is 0 Å². The fourth-order valence-corrected chi connectivity index (χ4v) is 4.71. The minimum Gasteiger partial charge on any atom is -0.503 e. The van der Waals surface area contributed by atoms with Crippen molar-refractivity contribution in [2.24, 2.45) is 0 Å². The van der Waals surface area contributed by atoms with E-state index in [-0.39, 0.29) is 12.2 Å². The molecule has 0 radical (unpaired) electrons. The van der Waals surface area contributed by atoms with Gasteiger partial charge in [0.1, 0.15) is 0 Å². The smallest absolute Gasteiger partial charge is 0.292 e. The lowest BCUT2D eigenvalue weighted by Gasteiger charge is -2.43. The topological polar surface area (TPSA) is 60.8 Å². The normalized spacial score (nSPS) is 22.3. The maximum atomic E-state index is 12.7. The van der Waals surface area contributed by atoms with Crippen molar-refractivity contribution in [1.29, 1.82) is 0 Å². The molecule has 2 N–H and O–H groups in total. The second-order valence-electron chi connectivity index (χ2n) is 6.59. The van der Waals surface area contributed by atoms with E-state index in [0.29, 0.717) is 10.5 Å². The number of carbonyl (C=O) groups is 1. The lowest BCUT2D eigenvalue weighted by molar-refractivity contribution is -0.154. The van der Waals surface area contributed by atoms with Crippen LogP contribution in [0.2, 0.25) is 0 Å². The van der Waals surface area contributed by atoms with E-state index in [0.717, 1.165) is 4.88 Å². The number of hydrogen-bond acceptors (Lipinski definition) is 5. The number of amides is 1. The number of hydrogen-bond donors (Lipinski definition) is 2. The Morgan fingerprint density at radius 3 is 2.35 bits per heavy atom. The lowest BCUT2D eigenvalue weighted by Crippen LogP contribution is -2.57. The van der Waals surface area contributed by atoms with Gasteiger partial charge in [-0.1, -0.05) is 12.1 Å². The standard InChI is InChI=1S/C17H19NO3S2/c1-16(2,3)18-15(20)14(19)13(12-7-5-9-23-12)17(18,21)10-11-6-4-8-22-11/h4-9,19,21H,10H2,1-3H3. The Labute approximate surface area is 143 Å². The molecule has 1 unspecified atom stereocenters. The third-order valence-electron chi connectivity index (χ3n) is 3.85. The van der Waals surface area contributed by atoms with E-state index in [4.69, 9.17) is 0 Å².